The van der Waals surface area contributed by atoms with E-state index in [0.29, 0.717) is 6.54 Å². The molecule has 0 rings (SSSR count). The topological polar surface area (TPSA) is 242 Å². The largest absolute Gasteiger partial charge is 0.542 e. The summed E-state index contributed by atoms with van der Waals surface area (Å²) in [5.41, 5.74) is 9.10. The molecular weight excluding hydrogens is 1050 g/mol. The van der Waals surface area contributed by atoms with Crippen LogP contribution in [-0.2, 0) is 64.6 Å². The first kappa shape index (κ1) is 69.8. The number of ether oxygens (including phenoxy) is 6. The Kier molecular flexibility index (Phi) is 28.4. The Morgan fingerprint density at radius 1 is 0.485 bits per heavy atom. The van der Waals surface area contributed by atoms with E-state index in [9.17, 15) is 111 Å². The fourth-order valence-corrected chi connectivity index (χ4v) is 6.57. The van der Waals surface area contributed by atoms with Crippen molar-refractivity contribution in [1.82, 2.24) is 0 Å². The maximum absolute atomic E-state index is 12.5. The first-order valence-electron chi connectivity index (χ1n) is 15.7. The summed E-state index contributed by atoms with van der Waals surface area (Å²) in [7, 11) is 5.11. The van der Waals surface area contributed by atoms with Crippen molar-refractivity contribution in [3.63, 3.8) is 0 Å². The van der Waals surface area contributed by atoms with Crippen molar-refractivity contribution in [3.8, 4) is 0 Å². The van der Waals surface area contributed by atoms with Crippen LogP contribution in [0.25, 0.3) is 0 Å². The molecule has 0 aromatic rings. The van der Waals surface area contributed by atoms with E-state index in [2.05, 4.69) is 5.73 Å². The lowest BCUT2D eigenvalue weighted by atomic mass is 10.5. The van der Waals surface area contributed by atoms with Gasteiger partial charge in [-0.25, -0.2) is 33.2 Å². The highest BCUT2D eigenvalue weighted by Crippen LogP contribution is 2.46. The summed E-state index contributed by atoms with van der Waals surface area (Å²) in [5, 5.41) is 17.2. The summed E-state index contributed by atoms with van der Waals surface area (Å²) >= 11 is 0. The number of carbonyl (C=O) groups is 2. The molecule has 0 saturated heterocycles. The van der Waals surface area contributed by atoms with Crippen LogP contribution in [0.2, 0.25) is 12.1 Å². The highest BCUT2D eigenvalue weighted by Gasteiger charge is 2.71. The molecule has 0 fully saturated rings. The summed E-state index contributed by atoms with van der Waals surface area (Å²) in [6.45, 7) is 1.54. The van der Waals surface area contributed by atoms with Crippen molar-refractivity contribution >= 4 is 29.5 Å². The van der Waals surface area contributed by atoms with E-state index in [4.69, 9.17) is 37.4 Å². The van der Waals surface area contributed by atoms with Crippen LogP contribution in [0.3, 0.4) is 0 Å². The average molecular weight is 1080 g/mol. The summed E-state index contributed by atoms with van der Waals surface area (Å²) in [6.07, 6.45) is -63.1. The van der Waals surface area contributed by atoms with Crippen LogP contribution in [0, 0.1) is 0 Å². The number of hydrogen-bond donors (Lipinski definition) is 3. The first-order valence-corrected chi connectivity index (χ1v) is 19.6. The fraction of sp³-hybridized carbons (Fsp3) is 0.917. The molecule has 0 radical (unpaired) electrons. The number of carbonyl (C=O) groups excluding carboxylic acids is 1. The summed E-state index contributed by atoms with van der Waals surface area (Å²) in [4.78, 5) is 19.2. The number of rotatable bonds is 26. The molecule has 0 saturated carbocycles. The Morgan fingerprint density at radius 2 is 0.742 bits per heavy atom. The van der Waals surface area contributed by atoms with E-state index in [0.717, 1.165) is 31.5 Å². The van der Waals surface area contributed by atoms with Gasteiger partial charge in [0.15, 0.2) is 0 Å². The molecule has 6 N–H and O–H groups in total. The average Bonchev–Trinajstić information content (AvgIpc) is 3.10. The minimum absolute atomic E-state index is 0.644. The molecule has 0 atom stereocenters. The molecule has 0 heterocycles. The van der Waals surface area contributed by atoms with Crippen LogP contribution < -0.4 is 16.6 Å². The molecule has 0 aliphatic heterocycles. The Balaban J connectivity index is -0.000000409. The fourth-order valence-electron chi connectivity index (χ4n) is 3.02. The molecule has 0 bridgehead atoms. The van der Waals surface area contributed by atoms with Gasteiger partial charge >= 0.3 is 85.5 Å². The number of nitrogens with two attached hydrogens (primary N) is 1. The second kappa shape index (κ2) is 26.9. The lowest BCUT2D eigenvalue weighted by Crippen LogP contribution is -2.54. The van der Waals surface area contributed by atoms with E-state index in [1.807, 2.05) is 9.47 Å². The Bertz CT molecular complexity index is 1290. The minimum Gasteiger partial charge on any atom is -0.542 e. The molecule has 0 aromatic carbocycles. The number of quaternary nitrogens is 1. The zero-order chi connectivity index (χ0) is 53.9. The lowest BCUT2D eigenvalue weighted by molar-refractivity contribution is -0.571. The van der Waals surface area contributed by atoms with E-state index < -0.39 is 91.5 Å². The van der Waals surface area contributed by atoms with Crippen molar-refractivity contribution in [3.05, 3.63) is 0 Å². The van der Waals surface area contributed by atoms with Crippen molar-refractivity contribution in [2.75, 3.05) is 55.7 Å². The molecule has 0 aliphatic carbocycles. The second-order valence-corrected chi connectivity index (χ2v) is 16.7. The summed E-state index contributed by atoms with van der Waals surface area (Å²) in [5.74, 6) is -7.17. The SMILES string of the molecule is CO[Si](CCCN)(OC)OC.CO[Si](CCC[NH3+])(OC)OC.O=C(O)C(F)(F)OC(F)(F)OC(F)(F)C(F)(F)OC(F)(F)F.O=C([O-])C(F)(F)OC(F)(F)OC(F)(F)C(F)(F)OC(F)(F)F. The number of aliphatic carboxylic acids is 2. The predicted molar refractivity (Wildman–Crippen MR) is 160 cm³/mol. The number of carboxylic acids is 2. The zero-order valence-electron chi connectivity index (χ0n) is 33.4. The van der Waals surface area contributed by atoms with Gasteiger partial charge < -0.3 is 53.0 Å². The van der Waals surface area contributed by atoms with Crippen molar-refractivity contribution in [2.24, 2.45) is 5.73 Å². The van der Waals surface area contributed by atoms with Crippen LogP contribution in [0.5, 0.6) is 0 Å². The van der Waals surface area contributed by atoms with Gasteiger partial charge in [0, 0.05) is 61.2 Å². The third-order valence-corrected chi connectivity index (χ3v) is 11.6. The second-order valence-electron chi connectivity index (χ2n) is 10.6. The van der Waals surface area contributed by atoms with Gasteiger partial charge in [0.1, 0.15) is 5.97 Å². The molecule has 0 unspecified atom stereocenters. The molecule has 400 valence electrons. The predicted octanol–water partition coefficient (Wildman–Crippen LogP) is 4.31. The molecule has 66 heavy (non-hydrogen) atoms. The van der Waals surface area contributed by atoms with E-state index in [-0.39, 0.29) is 0 Å². The van der Waals surface area contributed by atoms with Gasteiger partial charge in [0.2, 0.25) is 0 Å². The van der Waals surface area contributed by atoms with Crippen LogP contribution in [0.1, 0.15) is 12.8 Å². The maximum atomic E-state index is 12.5. The van der Waals surface area contributed by atoms with Gasteiger partial charge in [-0.05, 0) is 13.0 Å². The van der Waals surface area contributed by atoms with E-state index >= 15 is 0 Å². The zero-order valence-corrected chi connectivity index (χ0v) is 35.4. The van der Waals surface area contributed by atoms with Gasteiger partial charge in [0.05, 0.1) is 6.54 Å². The third-order valence-electron chi connectivity index (χ3n) is 5.93. The Labute approximate surface area is 355 Å². The molecule has 0 spiro atoms. The quantitative estimate of drug-likeness (QED) is 0.0621. The molecule has 0 aliphatic rings. The van der Waals surface area contributed by atoms with Crippen molar-refractivity contribution < 1.29 is 177 Å². The van der Waals surface area contributed by atoms with Crippen LogP contribution in [0.15, 0.2) is 0 Å². The molecule has 0 amide bonds. The maximum Gasteiger partial charge on any atom is 0.527 e. The number of halogens is 22. The van der Waals surface area contributed by atoms with Crippen LogP contribution in [0.4, 0.5) is 96.6 Å². The monoisotopic (exact) mass is 1080 g/mol. The Morgan fingerprint density at radius 3 is 0.955 bits per heavy atom. The lowest BCUT2D eigenvalue weighted by Gasteiger charge is -2.30. The summed E-state index contributed by atoms with van der Waals surface area (Å²) in [6, 6.07) is 1.63. The number of alkyl halides is 22. The smallest absolute Gasteiger partial charge is 0.527 e. The minimum atomic E-state index is -6.85. The number of hydrogen-bond acceptors (Lipinski definition) is 16. The molecular formula is C24H36F22N2O16Si2. The van der Waals surface area contributed by atoms with E-state index in [1.54, 1.807) is 52.1 Å². The van der Waals surface area contributed by atoms with Gasteiger partial charge in [-0.2, -0.15) is 52.7 Å². The highest BCUT2D eigenvalue weighted by molar-refractivity contribution is 6.60. The standard InChI is InChI=1S/2C6HF11O5.2C6H17NO3Si/c2*7-2(8,1(18)19)20-6(16,17)22-4(11,12)3(9,10)21-5(13,14)15;2*1-8-11(9-2,10-3)6-4-5-7/h2*(H,18,19);2*4-7H2,1-3H3. The van der Waals surface area contributed by atoms with Crippen LogP contribution >= 0.6 is 0 Å². The van der Waals surface area contributed by atoms with Gasteiger partial charge in [0.25, 0.3) is 0 Å². The van der Waals surface area contributed by atoms with Gasteiger partial charge in [-0.15, -0.1) is 43.9 Å². The summed E-state index contributed by atoms with van der Waals surface area (Å²) < 4.78 is 307. The Hall–Kier alpha value is -2.73. The molecule has 18 nitrogen and oxygen atoms in total. The first-order chi connectivity index (χ1) is 29.1. The third kappa shape index (κ3) is 26.7. The normalized spacial score (nSPS) is 14.0. The number of carboxylic acid groups (broad SMARTS) is 2. The highest BCUT2D eigenvalue weighted by atomic mass is 28.4. The van der Waals surface area contributed by atoms with Gasteiger partial charge in [-0.1, -0.05) is 0 Å². The van der Waals surface area contributed by atoms with Crippen molar-refractivity contribution in [1.29, 1.82) is 0 Å². The van der Waals surface area contributed by atoms with Crippen molar-refractivity contribution in [2.45, 2.75) is 86.9 Å². The molecule has 0 aromatic heterocycles. The van der Waals surface area contributed by atoms with Crippen LogP contribution in [-0.4, -0.2) is 152 Å². The molecule has 42 heteroatoms. The van der Waals surface area contributed by atoms with E-state index in [1.165, 1.54) is 9.47 Å². The van der Waals surface area contributed by atoms with Gasteiger partial charge in [-0.3, -0.25) is 0 Å².